The molecule has 0 radical (unpaired) electrons. The summed E-state index contributed by atoms with van der Waals surface area (Å²) in [7, 11) is 2.11. The molecular weight excluding hydrogens is 352 g/mol. The van der Waals surface area contributed by atoms with E-state index in [1.54, 1.807) is 11.3 Å². The molecular formula is C15H17BrN2S2. The minimum atomic E-state index is 0.217. The minimum Gasteiger partial charge on any atom is -0.393 e. The van der Waals surface area contributed by atoms with Gasteiger partial charge in [-0.3, -0.25) is 4.90 Å². The quantitative estimate of drug-likeness (QED) is 0.768. The molecule has 1 aromatic carbocycles. The zero-order chi connectivity index (χ0) is 14.5. The number of hydrogen-bond acceptors (Lipinski definition) is 3. The molecule has 5 heteroatoms. The Hall–Kier alpha value is -0.750. The zero-order valence-corrected chi connectivity index (χ0v) is 14.5. The van der Waals surface area contributed by atoms with E-state index >= 15 is 0 Å². The number of nitrogens with zero attached hydrogens (tertiary/aromatic N) is 1. The Morgan fingerprint density at radius 1 is 1.40 bits per heavy atom. The molecule has 0 amide bonds. The highest BCUT2D eigenvalue weighted by Crippen LogP contribution is 2.27. The number of hydrogen-bond donors (Lipinski definition) is 1. The van der Waals surface area contributed by atoms with Crippen LogP contribution in [0.1, 0.15) is 22.9 Å². The Morgan fingerprint density at radius 3 is 2.65 bits per heavy atom. The summed E-state index contributed by atoms with van der Waals surface area (Å²) in [4.78, 5) is 4.17. The first-order valence-electron chi connectivity index (χ1n) is 6.32. The zero-order valence-electron chi connectivity index (χ0n) is 11.3. The van der Waals surface area contributed by atoms with Gasteiger partial charge in [0.1, 0.15) is 0 Å². The molecule has 106 valence electrons. The SMILES string of the molecule is CN(Cc1cc(Br)cs1)C(CC(N)=S)c1ccccc1. The third-order valence-corrected chi connectivity index (χ3v) is 4.99. The van der Waals surface area contributed by atoms with Crippen molar-refractivity contribution in [2.45, 2.75) is 19.0 Å². The number of thiophene rings is 1. The van der Waals surface area contributed by atoms with Gasteiger partial charge < -0.3 is 5.73 Å². The van der Waals surface area contributed by atoms with E-state index in [1.807, 2.05) is 6.07 Å². The van der Waals surface area contributed by atoms with E-state index < -0.39 is 0 Å². The van der Waals surface area contributed by atoms with E-state index in [4.69, 9.17) is 18.0 Å². The molecule has 0 bridgehead atoms. The standard InChI is InChI=1S/C15H17BrN2S2/c1-18(9-13-7-12(16)10-20-13)14(8-15(17)19)11-5-3-2-4-6-11/h2-7,10,14H,8-9H2,1H3,(H2,17,19). The van der Waals surface area contributed by atoms with E-state index in [-0.39, 0.29) is 6.04 Å². The van der Waals surface area contributed by atoms with Crippen LogP contribution in [0.3, 0.4) is 0 Å². The number of benzene rings is 1. The van der Waals surface area contributed by atoms with Gasteiger partial charge in [-0.05, 0) is 34.6 Å². The Morgan fingerprint density at radius 2 is 2.10 bits per heavy atom. The van der Waals surface area contributed by atoms with Crippen LogP contribution >= 0.6 is 39.5 Å². The van der Waals surface area contributed by atoms with E-state index in [0.717, 1.165) is 11.0 Å². The van der Waals surface area contributed by atoms with Gasteiger partial charge in [0.2, 0.25) is 0 Å². The van der Waals surface area contributed by atoms with Crippen LogP contribution in [0.4, 0.5) is 0 Å². The summed E-state index contributed by atoms with van der Waals surface area (Å²) < 4.78 is 1.14. The average molecular weight is 369 g/mol. The fourth-order valence-electron chi connectivity index (χ4n) is 2.19. The van der Waals surface area contributed by atoms with Gasteiger partial charge in [-0.15, -0.1) is 11.3 Å². The number of halogens is 1. The van der Waals surface area contributed by atoms with Gasteiger partial charge in [0.05, 0.1) is 4.99 Å². The van der Waals surface area contributed by atoms with E-state index in [9.17, 15) is 0 Å². The Balaban J connectivity index is 2.15. The van der Waals surface area contributed by atoms with E-state index in [0.29, 0.717) is 11.4 Å². The smallest absolute Gasteiger partial charge is 0.0746 e. The second kappa shape index (κ2) is 7.31. The second-order valence-corrected chi connectivity index (χ2v) is 7.18. The maximum Gasteiger partial charge on any atom is 0.0746 e. The molecule has 1 aromatic heterocycles. The van der Waals surface area contributed by atoms with Crippen molar-refractivity contribution < 1.29 is 0 Å². The topological polar surface area (TPSA) is 29.3 Å². The van der Waals surface area contributed by atoms with Gasteiger partial charge in [-0.25, -0.2) is 0 Å². The van der Waals surface area contributed by atoms with Gasteiger partial charge in [-0.2, -0.15) is 0 Å². The van der Waals surface area contributed by atoms with Crippen molar-refractivity contribution in [1.82, 2.24) is 4.90 Å². The summed E-state index contributed by atoms with van der Waals surface area (Å²) in [6.45, 7) is 0.887. The van der Waals surface area contributed by atoms with Crippen LogP contribution in [0.5, 0.6) is 0 Å². The predicted octanol–water partition coefficient (Wildman–Crippen LogP) is 4.36. The molecule has 0 aliphatic heterocycles. The van der Waals surface area contributed by atoms with Crippen molar-refractivity contribution in [3.05, 3.63) is 56.7 Å². The van der Waals surface area contributed by atoms with Crippen molar-refractivity contribution in [3.63, 3.8) is 0 Å². The first-order chi connectivity index (χ1) is 9.56. The largest absolute Gasteiger partial charge is 0.393 e. The number of thiocarbonyl (C=S) groups is 1. The molecule has 1 atom stereocenters. The lowest BCUT2D eigenvalue weighted by Gasteiger charge is -2.28. The summed E-state index contributed by atoms with van der Waals surface area (Å²) in [6.07, 6.45) is 0.697. The Labute approximate surface area is 137 Å². The van der Waals surface area contributed by atoms with Crippen molar-refractivity contribution >= 4 is 44.5 Å². The van der Waals surface area contributed by atoms with Gasteiger partial charge in [-0.1, -0.05) is 42.5 Å². The fourth-order valence-corrected chi connectivity index (χ4v) is 3.86. The van der Waals surface area contributed by atoms with Crippen LogP contribution in [0, 0.1) is 0 Å². The molecule has 2 nitrogen and oxygen atoms in total. The van der Waals surface area contributed by atoms with Crippen LogP contribution < -0.4 is 5.73 Å². The fraction of sp³-hybridized carbons (Fsp3) is 0.267. The van der Waals surface area contributed by atoms with E-state index in [1.165, 1.54) is 10.4 Å². The lowest BCUT2D eigenvalue weighted by atomic mass is 10.0. The second-order valence-electron chi connectivity index (χ2n) is 4.74. The van der Waals surface area contributed by atoms with Crippen LogP contribution in [0.25, 0.3) is 0 Å². The predicted molar refractivity (Wildman–Crippen MR) is 94.1 cm³/mol. The van der Waals surface area contributed by atoms with Gasteiger partial charge in [0, 0.05) is 33.7 Å². The summed E-state index contributed by atoms with van der Waals surface area (Å²) in [5.74, 6) is 0. The number of nitrogens with two attached hydrogens (primary N) is 1. The molecule has 2 N–H and O–H groups in total. The molecule has 2 aromatic rings. The molecule has 0 saturated carbocycles. The van der Waals surface area contributed by atoms with Crippen molar-refractivity contribution in [3.8, 4) is 0 Å². The van der Waals surface area contributed by atoms with Crippen LogP contribution in [-0.4, -0.2) is 16.9 Å². The van der Waals surface area contributed by atoms with Crippen LogP contribution in [0.15, 0.2) is 46.3 Å². The molecule has 0 spiro atoms. The minimum absolute atomic E-state index is 0.217. The van der Waals surface area contributed by atoms with Crippen molar-refractivity contribution in [2.24, 2.45) is 5.73 Å². The lowest BCUT2D eigenvalue weighted by molar-refractivity contribution is 0.244. The molecule has 2 rings (SSSR count). The lowest BCUT2D eigenvalue weighted by Crippen LogP contribution is -2.27. The maximum atomic E-state index is 5.77. The van der Waals surface area contributed by atoms with Crippen LogP contribution in [0.2, 0.25) is 0 Å². The van der Waals surface area contributed by atoms with Gasteiger partial charge in [0.15, 0.2) is 0 Å². The first-order valence-corrected chi connectivity index (χ1v) is 8.40. The van der Waals surface area contributed by atoms with Crippen LogP contribution in [-0.2, 0) is 6.54 Å². The summed E-state index contributed by atoms with van der Waals surface area (Å²) in [5, 5.41) is 2.11. The molecule has 20 heavy (non-hydrogen) atoms. The highest BCUT2D eigenvalue weighted by Gasteiger charge is 2.18. The summed E-state index contributed by atoms with van der Waals surface area (Å²) in [6, 6.07) is 12.8. The molecule has 1 heterocycles. The van der Waals surface area contributed by atoms with Crippen molar-refractivity contribution in [2.75, 3.05) is 7.05 Å². The van der Waals surface area contributed by atoms with Gasteiger partial charge in [0.25, 0.3) is 0 Å². The Bertz CT molecular complexity index is 568. The summed E-state index contributed by atoms with van der Waals surface area (Å²) >= 11 is 10.4. The molecule has 0 aliphatic rings. The third-order valence-electron chi connectivity index (χ3n) is 3.14. The molecule has 0 aliphatic carbocycles. The monoisotopic (exact) mass is 368 g/mol. The van der Waals surface area contributed by atoms with Gasteiger partial charge >= 0.3 is 0 Å². The highest BCUT2D eigenvalue weighted by molar-refractivity contribution is 9.10. The number of rotatable bonds is 6. The third kappa shape index (κ3) is 4.38. The highest BCUT2D eigenvalue weighted by atomic mass is 79.9. The normalized spacial score (nSPS) is 12.6. The Kier molecular flexibility index (Phi) is 5.72. The van der Waals surface area contributed by atoms with Crippen molar-refractivity contribution in [1.29, 1.82) is 0 Å². The summed E-state index contributed by atoms with van der Waals surface area (Å²) in [5.41, 5.74) is 7.01. The molecule has 1 unspecified atom stereocenters. The maximum absolute atomic E-state index is 5.77. The first kappa shape index (κ1) is 15.6. The molecule has 0 fully saturated rings. The average Bonchev–Trinajstić information content (AvgIpc) is 2.82. The molecule has 0 saturated heterocycles. The van der Waals surface area contributed by atoms with E-state index in [2.05, 4.69) is 63.6 Å².